The number of hydrogen-bond acceptors (Lipinski definition) is 1. The van der Waals surface area contributed by atoms with E-state index in [0.29, 0.717) is 5.11 Å². The molecule has 20 heavy (non-hydrogen) atoms. The lowest BCUT2D eigenvalue weighted by atomic mass is 10.2. The topological polar surface area (TPSA) is 24.1 Å². The number of halogens is 2. The van der Waals surface area contributed by atoms with Gasteiger partial charge in [0.1, 0.15) is 0 Å². The summed E-state index contributed by atoms with van der Waals surface area (Å²) in [6.45, 7) is 4.00. The first-order valence-corrected chi connectivity index (χ1v) is 7.64. The van der Waals surface area contributed by atoms with E-state index in [0.717, 1.165) is 32.0 Å². The smallest absolute Gasteiger partial charge is 0.175 e. The maximum atomic E-state index is 6.09. The molecule has 0 amide bonds. The van der Waals surface area contributed by atoms with Gasteiger partial charge in [0.2, 0.25) is 0 Å². The van der Waals surface area contributed by atoms with Gasteiger partial charge in [-0.05, 0) is 67.5 Å². The largest absolute Gasteiger partial charge is 0.332 e. The van der Waals surface area contributed by atoms with E-state index in [-0.39, 0.29) is 0 Å². The molecule has 0 bridgehead atoms. The van der Waals surface area contributed by atoms with Gasteiger partial charge in [-0.15, -0.1) is 0 Å². The van der Waals surface area contributed by atoms with Crippen LogP contribution in [0.2, 0.25) is 5.02 Å². The molecule has 0 spiro atoms. The van der Waals surface area contributed by atoms with Crippen molar-refractivity contribution in [3.63, 3.8) is 0 Å². The maximum absolute atomic E-state index is 6.09. The Bertz CT molecular complexity index is 603. The van der Waals surface area contributed by atoms with Gasteiger partial charge in [0.25, 0.3) is 0 Å². The summed E-state index contributed by atoms with van der Waals surface area (Å²) in [5, 5.41) is 7.52. The first-order valence-electron chi connectivity index (χ1n) is 6.06. The summed E-state index contributed by atoms with van der Waals surface area (Å²) in [6, 6.07) is 11.7. The minimum Gasteiger partial charge on any atom is -0.332 e. The van der Waals surface area contributed by atoms with Crippen LogP contribution in [-0.2, 0) is 0 Å². The second-order valence-corrected chi connectivity index (χ2v) is 6.18. The van der Waals surface area contributed by atoms with E-state index in [1.807, 2.05) is 50.2 Å². The molecule has 2 rings (SSSR count). The monoisotopic (exact) mass is 368 g/mol. The number of nitrogens with one attached hydrogen (secondary N) is 2. The van der Waals surface area contributed by atoms with Crippen LogP contribution in [0.3, 0.4) is 0 Å². The number of thiocarbonyl (C=S) groups is 1. The van der Waals surface area contributed by atoms with Crippen molar-refractivity contribution in [3.05, 3.63) is 57.0 Å². The van der Waals surface area contributed by atoms with Gasteiger partial charge in [0.05, 0.1) is 0 Å². The van der Waals surface area contributed by atoms with Gasteiger partial charge in [-0.3, -0.25) is 0 Å². The zero-order chi connectivity index (χ0) is 14.7. The lowest BCUT2D eigenvalue weighted by Crippen LogP contribution is -2.19. The molecule has 0 radical (unpaired) electrons. The molecule has 5 heteroatoms. The third kappa shape index (κ3) is 3.95. The van der Waals surface area contributed by atoms with Crippen molar-refractivity contribution < 1.29 is 0 Å². The molecular weight excluding hydrogens is 356 g/mol. The first-order chi connectivity index (χ1) is 9.45. The van der Waals surface area contributed by atoms with Crippen LogP contribution in [0.1, 0.15) is 11.1 Å². The predicted molar refractivity (Wildman–Crippen MR) is 94.9 cm³/mol. The Morgan fingerprint density at radius 2 is 1.60 bits per heavy atom. The highest BCUT2D eigenvalue weighted by atomic mass is 79.9. The molecule has 0 aliphatic carbocycles. The normalized spacial score (nSPS) is 10.2. The summed E-state index contributed by atoms with van der Waals surface area (Å²) >= 11 is 14.9. The molecule has 2 nitrogen and oxygen atoms in total. The number of rotatable bonds is 2. The molecule has 0 unspecified atom stereocenters. The fourth-order valence-electron chi connectivity index (χ4n) is 1.69. The van der Waals surface area contributed by atoms with Crippen LogP contribution in [0, 0.1) is 13.8 Å². The zero-order valence-electron chi connectivity index (χ0n) is 11.1. The second kappa shape index (κ2) is 6.57. The number of hydrogen-bond donors (Lipinski definition) is 2. The molecule has 0 heterocycles. The average Bonchev–Trinajstić information content (AvgIpc) is 2.38. The molecule has 0 saturated carbocycles. The van der Waals surface area contributed by atoms with Crippen LogP contribution in [0.15, 0.2) is 40.9 Å². The van der Waals surface area contributed by atoms with Crippen molar-refractivity contribution in [2.24, 2.45) is 0 Å². The minimum absolute atomic E-state index is 0.534. The molecule has 0 atom stereocenters. The molecule has 2 aromatic rings. The van der Waals surface area contributed by atoms with E-state index in [1.54, 1.807) is 0 Å². The highest BCUT2D eigenvalue weighted by Crippen LogP contribution is 2.22. The predicted octanol–water partition coefficient (Wildman–Crippen LogP) is 5.53. The Morgan fingerprint density at radius 3 is 2.20 bits per heavy atom. The molecule has 0 fully saturated rings. The van der Waals surface area contributed by atoms with Gasteiger partial charge in [-0.1, -0.05) is 33.6 Å². The summed E-state index contributed by atoms with van der Waals surface area (Å²) < 4.78 is 1.08. The molecule has 104 valence electrons. The van der Waals surface area contributed by atoms with Crippen LogP contribution < -0.4 is 10.6 Å². The van der Waals surface area contributed by atoms with E-state index in [2.05, 4.69) is 26.6 Å². The van der Waals surface area contributed by atoms with Gasteiger partial charge >= 0.3 is 0 Å². The second-order valence-electron chi connectivity index (χ2n) is 4.51. The van der Waals surface area contributed by atoms with Crippen molar-refractivity contribution in [1.29, 1.82) is 0 Å². The standard InChI is InChI=1S/C15H14BrClN2S/c1-9-3-4-12(8-14(9)17)19-15(20)18-11-5-6-13(16)10(2)7-11/h3-8H,1-2H3,(H2,18,19,20). The molecular formula is C15H14BrClN2S. The van der Waals surface area contributed by atoms with Crippen molar-refractivity contribution in [2.45, 2.75) is 13.8 Å². The number of benzene rings is 2. The Morgan fingerprint density at radius 1 is 1.00 bits per heavy atom. The van der Waals surface area contributed by atoms with Gasteiger partial charge in [-0.2, -0.15) is 0 Å². The Balaban J connectivity index is 2.04. The zero-order valence-corrected chi connectivity index (χ0v) is 14.3. The van der Waals surface area contributed by atoms with Gasteiger partial charge in [0.15, 0.2) is 5.11 Å². The van der Waals surface area contributed by atoms with Crippen molar-refractivity contribution in [3.8, 4) is 0 Å². The third-order valence-corrected chi connectivity index (χ3v) is 4.35. The fraction of sp³-hybridized carbons (Fsp3) is 0.133. The van der Waals surface area contributed by atoms with Gasteiger partial charge in [0, 0.05) is 20.9 Å². The minimum atomic E-state index is 0.534. The Kier molecular flexibility index (Phi) is 5.02. The lowest BCUT2D eigenvalue weighted by molar-refractivity contribution is 1.42. The summed E-state index contributed by atoms with van der Waals surface area (Å²) in [5.74, 6) is 0. The lowest BCUT2D eigenvalue weighted by Gasteiger charge is -2.12. The van der Waals surface area contributed by atoms with Crippen molar-refractivity contribution in [2.75, 3.05) is 10.6 Å². The average molecular weight is 370 g/mol. The van der Waals surface area contributed by atoms with Crippen LogP contribution >= 0.6 is 39.7 Å². The van der Waals surface area contributed by atoms with E-state index in [9.17, 15) is 0 Å². The SMILES string of the molecule is Cc1ccc(NC(=S)Nc2ccc(Br)c(C)c2)cc1Cl. The summed E-state index contributed by atoms with van der Waals surface area (Å²) in [6.07, 6.45) is 0. The molecule has 0 aromatic heterocycles. The molecule has 0 aliphatic rings. The van der Waals surface area contributed by atoms with Crippen LogP contribution in [0.4, 0.5) is 11.4 Å². The van der Waals surface area contributed by atoms with E-state index < -0.39 is 0 Å². The van der Waals surface area contributed by atoms with E-state index in [4.69, 9.17) is 23.8 Å². The van der Waals surface area contributed by atoms with Gasteiger partial charge < -0.3 is 10.6 Å². The van der Waals surface area contributed by atoms with Crippen LogP contribution in [0.25, 0.3) is 0 Å². The Labute approximate surface area is 137 Å². The van der Waals surface area contributed by atoms with Crippen LogP contribution in [0.5, 0.6) is 0 Å². The van der Waals surface area contributed by atoms with Crippen molar-refractivity contribution >= 4 is 56.2 Å². The summed E-state index contributed by atoms with van der Waals surface area (Å²) in [4.78, 5) is 0. The number of anilines is 2. The number of aryl methyl sites for hydroxylation is 2. The molecule has 2 aromatic carbocycles. The van der Waals surface area contributed by atoms with Gasteiger partial charge in [-0.25, -0.2) is 0 Å². The summed E-state index contributed by atoms with van der Waals surface area (Å²) in [5.41, 5.74) is 4.00. The molecule has 0 saturated heterocycles. The Hall–Kier alpha value is -1.10. The fourth-order valence-corrected chi connectivity index (χ4v) is 2.35. The van der Waals surface area contributed by atoms with E-state index in [1.165, 1.54) is 0 Å². The maximum Gasteiger partial charge on any atom is 0.175 e. The van der Waals surface area contributed by atoms with Crippen molar-refractivity contribution in [1.82, 2.24) is 0 Å². The van der Waals surface area contributed by atoms with Crippen LogP contribution in [-0.4, -0.2) is 5.11 Å². The molecule has 0 aliphatic heterocycles. The highest BCUT2D eigenvalue weighted by Gasteiger charge is 2.02. The third-order valence-electron chi connectivity index (χ3n) is 2.85. The quantitative estimate of drug-likeness (QED) is 0.681. The first kappa shape index (κ1) is 15.3. The molecule has 2 N–H and O–H groups in total. The van der Waals surface area contributed by atoms with E-state index >= 15 is 0 Å². The summed E-state index contributed by atoms with van der Waals surface area (Å²) in [7, 11) is 0. The highest BCUT2D eigenvalue weighted by molar-refractivity contribution is 9.10.